The van der Waals surface area contributed by atoms with E-state index in [0.29, 0.717) is 18.8 Å². The second-order valence-corrected chi connectivity index (χ2v) is 5.15. The van der Waals surface area contributed by atoms with E-state index in [4.69, 9.17) is 13.9 Å². The fraction of sp³-hybridized carbons (Fsp3) is 0.500. The summed E-state index contributed by atoms with van der Waals surface area (Å²) in [4.78, 5) is 16.1. The molecule has 112 valence electrons. The minimum absolute atomic E-state index is 0.0174. The molecule has 0 N–H and O–H groups in total. The van der Waals surface area contributed by atoms with Crippen LogP contribution in [0.3, 0.4) is 0 Å². The first kappa shape index (κ1) is 14.1. The van der Waals surface area contributed by atoms with E-state index in [0.717, 1.165) is 18.4 Å². The maximum absolute atomic E-state index is 11.9. The topological polar surface area (TPSA) is 61.6 Å². The summed E-state index contributed by atoms with van der Waals surface area (Å²) >= 11 is 0. The lowest BCUT2D eigenvalue weighted by molar-refractivity contribution is 0.0299. The number of fused-ring (bicyclic) bond motifs is 2. The van der Waals surface area contributed by atoms with Crippen molar-refractivity contribution in [2.24, 2.45) is 0 Å². The second-order valence-electron chi connectivity index (χ2n) is 5.15. The summed E-state index contributed by atoms with van der Waals surface area (Å²) in [6.07, 6.45) is 4.56. The van der Waals surface area contributed by atoms with Crippen molar-refractivity contribution in [2.45, 2.75) is 32.6 Å². The summed E-state index contributed by atoms with van der Waals surface area (Å²) in [5.74, 6) is -0.521. The molecule has 21 heavy (non-hydrogen) atoms. The Kier molecular flexibility index (Phi) is 4.20. The summed E-state index contributed by atoms with van der Waals surface area (Å²) in [7, 11) is 0. The van der Waals surface area contributed by atoms with Crippen LogP contribution >= 0.6 is 0 Å². The van der Waals surface area contributed by atoms with Gasteiger partial charge in [-0.3, -0.25) is 0 Å². The number of hydrogen-bond acceptors (Lipinski definition) is 5. The van der Waals surface area contributed by atoms with Gasteiger partial charge in [-0.05, 0) is 55.9 Å². The molecule has 3 rings (SSSR count). The standard InChI is InChI=1S/C16H19NO4/c1-2-19-7-8-20-16(18)15-17-13-9-11-5-3-4-6-12(11)10-14(13)21-15/h9-10H,2-8H2,1H3. The molecule has 0 unspecified atom stereocenters. The summed E-state index contributed by atoms with van der Waals surface area (Å²) < 4.78 is 15.7. The van der Waals surface area contributed by atoms with Crippen LogP contribution in [0.25, 0.3) is 11.1 Å². The first-order valence-electron chi connectivity index (χ1n) is 7.45. The molecule has 0 amide bonds. The van der Waals surface area contributed by atoms with E-state index < -0.39 is 5.97 Å². The third-order valence-corrected chi connectivity index (χ3v) is 3.69. The van der Waals surface area contributed by atoms with Crippen molar-refractivity contribution in [1.82, 2.24) is 4.98 Å². The fourth-order valence-corrected chi connectivity index (χ4v) is 2.64. The molecule has 5 heteroatoms. The highest BCUT2D eigenvalue weighted by Crippen LogP contribution is 2.27. The summed E-state index contributed by atoms with van der Waals surface area (Å²) in [6, 6.07) is 4.04. The summed E-state index contributed by atoms with van der Waals surface area (Å²) in [5.41, 5.74) is 4.01. The highest BCUT2D eigenvalue weighted by atomic mass is 16.6. The first-order valence-corrected chi connectivity index (χ1v) is 7.45. The highest BCUT2D eigenvalue weighted by Gasteiger charge is 2.18. The van der Waals surface area contributed by atoms with E-state index in [1.807, 2.05) is 19.1 Å². The van der Waals surface area contributed by atoms with Gasteiger partial charge >= 0.3 is 11.9 Å². The Balaban J connectivity index is 1.76. The molecule has 0 spiro atoms. The lowest BCUT2D eigenvalue weighted by Crippen LogP contribution is -2.11. The number of ether oxygens (including phenoxy) is 2. The van der Waals surface area contributed by atoms with Crippen molar-refractivity contribution in [3.05, 3.63) is 29.2 Å². The van der Waals surface area contributed by atoms with Gasteiger partial charge in [0.1, 0.15) is 12.1 Å². The molecule has 1 heterocycles. The molecule has 0 atom stereocenters. The highest BCUT2D eigenvalue weighted by molar-refractivity contribution is 5.88. The number of aryl methyl sites for hydroxylation is 2. The van der Waals surface area contributed by atoms with E-state index in [1.165, 1.54) is 24.0 Å². The van der Waals surface area contributed by atoms with E-state index in [1.54, 1.807) is 0 Å². The molecule has 0 fully saturated rings. The van der Waals surface area contributed by atoms with Crippen molar-refractivity contribution < 1.29 is 18.7 Å². The number of carbonyl (C=O) groups is 1. The van der Waals surface area contributed by atoms with Crippen LogP contribution in [-0.2, 0) is 22.3 Å². The molecule has 1 aliphatic carbocycles. The minimum Gasteiger partial charge on any atom is -0.456 e. The first-order chi connectivity index (χ1) is 10.3. The van der Waals surface area contributed by atoms with Gasteiger partial charge in [0.05, 0.1) is 6.61 Å². The zero-order chi connectivity index (χ0) is 14.7. The average Bonchev–Trinajstić information content (AvgIpc) is 2.92. The Labute approximate surface area is 123 Å². The van der Waals surface area contributed by atoms with Gasteiger partial charge in [-0.2, -0.15) is 0 Å². The van der Waals surface area contributed by atoms with Crippen molar-refractivity contribution in [2.75, 3.05) is 19.8 Å². The summed E-state index contributed by atoms with van der Waals surface area (Å²) in [6.45, 7) is 3.09. The Hall–Kier alpha value is -1.88. The van der Waals surface area contributed by atoms with Gasteiger partial charge in [0, 0.05) is 6.61 Å². The summed E-state index contributed by atoms with van der Waals surface area (Å²) in [5, 5.41) is 0. The van der Waals surface area contributed by atoms with Crippen LogP contribution in [-0.4, -0.2) is 30.8 Å². The third kappa shape index (κ3) is 3.08. The van der Waals surface area contributed by atoms with Crippen molar-refractivity contribution in [3.8, 4) is 0 Å². The van der Waals surface area contributed by atoms with Crippen LogP contribution in [0.2, 0.25) is 0 Å². The van der Waals surface area contributed by atoms with Crippen LogP contribution < -0.4 is 0 Å². The number of esters is 1. The normalized spacial score (nSPS) is 14.1. The molecule has 0 aliphatic heterocycles. The number of carbonyl (C=O) groups excluding carboxylic acids is 1. The predicted octanol–water partition coefficient (Wildman–Crippen LogP) is 2.90. The van der Waals surface area contributed by atoms with Crippen LogP contribution in [0, 0.1) is 0 Å². The van der Waals surface area contributed by atoms with Crippen LogP contribution in [0.4, 0.5) is 0 Å². The molecule has 1 aromatic heterocycles. The van der Waals surface area contributed by atoms with Crippen molar-refractivity contribution >= 4 is 17.1 Å². The molecule has 0 saturated heterocycles. The molecule has 1 aliphatic rings. The molecular formula is C16H19NO4. The van der Waals surface area contributed by atoms with Crippen LogP contribution in [0.1, 0.15) is 41.6 Å². The number of benzene rings is 1. The van der Waals surface area contributed by atoms with Gasteiger partial charge in [0.15, 0.2) is 5.58 Å². The van der Waals surface area contributed by atoms with Gasteiger partial charge in [-0.25, -0.2) is 9.78 Å². The molecule has 1 aromatic carbocycles. The smallest absolute Gasteiger partial charge is 0.394 e. The van der Waals surface area contributed by atoms with Gasteiger partial charge in [0.25, 0.3) is 0 Å². The van der Waals surface area contributed by atoms with Gasteiger partial charge in [-0.15, -0.1) is 0 Å². The number of nitrogens with zero attached hydrogens (tertiary/aromatic N) is 1. The largest absolute Gasteiger partial charge is 0.456 e. The molecule has 2 aromatic rings. The Bertz CT molecular complexity index is 604. The Morgan fingerprint density at radius 2 is 2.00 bits per heavy atom. The average molecular weight is 289 g/mol. The Morgan fingerprint density at radius 1 is 1.24 bits per heavy atom. The van der Waals surface area contributed by atoms with E-state index in [2.05, 4.69) is 4.98 Å². The van der Waals surface area contributed by atoms with Gasteiger partial charge in [-0.1, -0.05) is 0 Å². The molecule has 0 bridgehead atoms. The molecule has 0 saturated carbocycles. The molecular weight excluding hydrogens is 270 g/mol. The van der Waals surface area contributed by atoms with Crippen molar-refractivity contribution in [3.63, 3.8) is 0 Å². The van der Waals surface area contributed by atoms with Crippen LogP contribution in [0.5, 0.6) is 0 Å². The Morgan fingerprint density at radius 3 is 2.76 bits per heavy atom. The zero-order valence-corrected chi connectivity index (χ0v) is 12.2. The quantitative estimate of drug-likeness (QED) is 0.625. The monoisotopic (exact) mass is 289 g/mol. The SMILES string of the molecule is CCOCCOC(=O)c1nc2cc3c(cc2o1)CCCC3. The second kappa shape index (κ2) is 6.26. The molecule has 5 nitrogen and oxygen atoms in total. The van der Waals surface area contributed by atoms with E-state index >= 15 is 0 Å². The lowest BCUT2D eigenvalue weighted by Gasteiger charge is -2.14. The van der Waals surface area contributed by atoms with Gasteiger partial charge < -0.3 is 13.9 Å². The third-order valence-electron chi connectivity index (χ3n) is 3.69. The fourth-order valence-electron chi connectivity index (χ4n) is 2.64. The number of hydrogen-bond donors (Lipinski definition) is 0. The lowest BCUT2D eigenvalue weighted by atomic mass is 9.91. The number of aromatic nitrogens is 1. The maximum Gasteiger partial charge on any atom is 0.394 e. The zero-order valence-electron chi connectivity index (χ0n) is 12.2. The number of rotatable bonds is 5. The van der Waals surface area contributed by atoms with Gasteiger partial charge in [0.2, 0.25) is 0 Å². The van der Waals surface area contributed by atoms with Crippen LogP contribution in [0.15, 0.2) is 16.5 Å². The number of oxazole rings is 1. The minimum atomic E-state index is -0.538. The van der Waals surface area contributed by atoms with E-state index in [9.17, 15) is 4.79 Å². The molecule has 0 radical (unpaired) electrons. The van der Waals surface area contributed by atoms with E-state index in [-0.39, 0.29) is 12.5 Å². The maximum atomic E-state index is 11.9. The van der Waals surface area contributed by atoms with Crippen molar-refractivity contribution in [1.29, 1.82) is 0 Å². The predicted molar refractivity (Wildman–Crippen MR) is 77.4 cm³/mol.